The molecular formula is C11H19N3O2S. The average Bonchev–Trinajstić information content (AvgIpc) is 2.63. The highest BCUT2D eigenvalue weighted by molar-refractivity contribution is 7.99. The monoisotopic (exact) mass is 257 g/mol. The number of nitrogens with zero attached hydrogens (tertiary/aromatic N) is 2. The Kier molecular flexibility index (Phi) is 5.34. The van der Waals surface area contributed by atoms with E-state index in [-0.39, 0.29) is 5.97 Å². The van der Waals surface area contributed by atoms with E-state index in [0.717, 1.165) is 12.2 Å². The van der Waals surface area contributed by atoms with Gasteiger partial charge < -0.3 is 10.5 Å². The number of aromatic nitrogens is 2. The average molecular weight is 257 g/mol. The summed E-state index contributed by atoms with van der Waals surface area (Å²) in [6.07, 6.45) is 1.02. The van der Waals surface area contributed by atoms with E-state index in [1.807, 2.05) is 6.92 Å². The SMILES string of the molecule is CCCSc1nn(CC)c(N)c1C(=O)OCC. The van der Waals surface area contributed by atoms with Crippen LogP contribution < -0.4 is 5.73 Å². The predicted octanol–water partition coefficient (Wildman–Crippen LogP) is 2.16. The highest BCUT2D eigenvalue weighted by Crippen LogP contribution is 2.27. The number of nitrogens with two attached hydrogens (primary N) is 1. The molecular weight excluding hydrogens is 238 g/mol. The van der Waals surface area contributed by atoms with Gasteiger partial charge in [0.25, 0.3) is 0 Å². The summed E-state index contributed by atoms with van der Waals surface area (Å²) in [4.78, 5) is 11.8. The van der Waals surface area contributed by atoms with Crippen molar-refractivity contribution >= 4 is 23.5 Å². The number of rotatable bonds is 6. The molecule has 1 aromatic heterocycles. The minimum atomic E-state index is -0.386. The molecule has 0 aliphatic carbocycles. The number of hydrogen-bond donors (Lipinski definition) is 1. The molecule has 1 rings (SSSR count). The predicted molar refractivity (Wildman–Crippen MR) is 69.3 cm³/mol. The second kappa shape index (κ2) is 6.54. The molecule has 0 saturated carbocycles. The fraction of sp³-hybridized carbons (Fsp3) is 0.636. The van der Waals surface area contributed by atoms with Crippen molar-refractivity contribution in [1.82, 2.24) is 9.78 Å². The minimum absolute atomic E-state index is 0.341. The van der Waals surface area contributed by atoms with Crippen LogP contribution in [0, 0.1) is 0 Å². The number of thioether (sulfide) groups is 1. The van der Waals surface area contributed by atoms with Gasteiger partial charge in [-0.05, 0) is 26.0 Å². The van der Waals surface area contributed by atoms with Crippen molar-refractivity contribution in [2.45, 2.75) is 38.8 Å². The molecule has 5 nitrogen and oxygen atoms in total. The molecule has 0 unspecified atom stereocenters. The molecule has 0 bridgehead atoms. The summed E-state index contributed by atoms with van der Waals surface area (Å²) in [7, 11) is 0. The third-order valence-corrected chi connectivity index (χ3v) is 3.35. The van der Waals surface area contributed by atoms with E-state index >= 15 is 0 Å². The number of esters is 1. The lowest BCUT2D eigenvalue weighted by atomic mass is 10.3. The number of carbonyl (C=O) groups is 1. The van der Waals surface area contributed by atoms with Crippen molar-refractivity contribution in [3.05, 3.63) is 5.56 Å². The molecule has 0 amide bonds. The summed E-state index contributed by atoms with van der Waals surface area (Å²) in [6, 6.07) is 0. The summed E-state index contributed by atoms with van der Waals surface area (Å²) >= 11 is 1.54. The fourth-order valence-electron chi connectivity index (χ4n) is 1.39. The van der Waals surface area contributed by atoms with Crippen molar-refractivity contribution < 1.29 is 9.53 Å². The van der Waals surface area contributed by atoms with E-state index in [0.29, 0.717) is 29.6 Å². The molecule has 0 aromatic carbocycles. The summed E-state index contributed by atoms with van der Waals surface area (Å²) in [6.45, 7) is 6.78. The van der Waals surface area contributed by atoms with Gasteiger partial charge in [-0.2, -0.15) is 5.10 Å². The maximum Gasteiger partial charge on any atom is 0.344 e. The van der Waals surface area contributed by atoms with Gasteiger partial charge in [0.05, 0.1) is 6.61 Å². The first-order valence-electron chi connectivity index (χ1n) is 5.81. The number of ether oxygens (including phenoxy) is 1. The van der Waals surface area contributed by atoms with Crippen molar-refractivity contribution in [3.8, 4) is 0 Å². The molecule has 0 radical (unpaired) electrons. The molecule has 2 N–H and O–H groups in total. The van der Waals surface area contributed by atoms with Crippen molar-refractivity contribution in [2.24, 2.45) is 0 Å². The van der Waals surface area contributed by atoms with Gasteiger partial charge in [0.2, 0.25) is 0 Å². The Labute approximate surface area is 106 Å². The van der Waals surface area contributed by atoms with Gasteiger partial charge in [0.15, 0.2) is 0 Å². The lowest BCUT2D eigenvalue weighted by molar-refractivity contribution is 0.0523. The summed E-state index contributed by atoms with van der Waals surface area (Å²) in [5.74, 6) is 0.917. The molecule has 96 valence electrons. The molecule has 1 aromatic rings. The zero-order valence-electron chi connectivity index (χ0n) is 10.5. The van der Waals surface area contributed by atoms with Gasteiger partial charge in [-0.15, -0.1) is 11.8 Å². The first kappa shape index (κ1) is 13.9. The Balaban J connectivity index is 3.05. The van der Waals surface area contributed by atoms with E-state index in [4.69, 9.17) is 10.5 Å². The van der Waals surface area contributed by atoms with Crippen LogP contribution in [0.25, 0.3) is 0 Å². The zero-order chi connectivity index (χ0) is 12.8. The Hall–Kier alpha value is -1.17. The minimum Gasteiger partial charge on any atom is -0.462 e. The van der Waals surface area contributed by atoms with Gasteiger partial charge in [0.1, 0.15) is 16.4 Å². The molecule has 0 fully saturated rings. The Morgan fingerprint density at radius 3 is 2.71 bits per heavy atom. The maximum absolute atomic E-state index is 11.8. The van der Waals surface area contributed by atoms with E-state index in [1.54, 1.807) is 11.6 Å². The summed E-state index contributed by atoms with van der Waals surface area (Å²) in [5.41, 5.74) is 6.31. The lowest BCUT2D eigenvalue weighted by Crippen LogP contribution is -2.09. The van der Waals surface area contributed by atoms with Crippen LogP contribution in [0.1, 0.15) is 37.6 Å². The van der Waals surface area contributed by atoms with Crippen molar-refractivity contribution in [2.75, 3.05) is 18.1 Å². The van der Waals surface area contributed by atoms with E-state index in [2.05, 4.69) is 12.0 Å². The zero-order valence-corrected chi connectivity index (χ0v) is 11.3. The fourth-order valence-corrected chi connectivity index (χ4v) is 2.27. The van der Waals surface area contributed by atoms with Gasteiger partial charge in [0, 0.05) is 6.54 Å². The van der Waals surface area contributed by atoms with Crippen LogP contribution >= 0.6 is 11.8 Å². The third-order valence-electron chi connectivity index (χ3n) is 2.18. The first-order chi connectivity index (χ1) is 8.15. The quantitative estimate of drug-likeness (QED) is 0.624. The maximum atomic E-state index is 11.8. The van der Waals surface area contributed by atoms with Crippen LogP contribution in [0.4, 0.5) is 5.82 Å². The molecule has 0 aliphatic heterocycles. The van der Waals surface area contributed by atoms with Gasteiger partial charge in [-0.3, -0.25) is 0 Å². The molecule has 0 atom stereocenters. The standard InChI is InChI=1S/C11H19N3O2S/c1-4-7-17-10-8(11(15)16-6-3)9(12)14(5-2)13-10/h4-7,12H2,1-3H3. The van der Waals surface area contributed by atoms with Crippen molar-refractivity contribution in [3.63, 3.8) is 0 Å². The van der Waals surface area contributed by atoms with Crippen LogP contribution in [-0.4, -0.2) is 28.1 Å². The number of carbonyl (C=O) groups excluding carboxylic acids is 1. The summed E-state index contributed by atoms with van der Waals surface area (Å²) < 4.78 is 6.63. The highest BCUT2D eigenvalue weighted by atomic mass is 32.2. The van der Waals surface area contributed by atoms with E-state index in [1.165, 1.54) is 11.8 Å². The Morgan fingerprint density at radius 1 is 1.47 bits per heavy atom. The molecule has 0 saturated heterocycles. The number of hydrogen-bond acceptors (Lipinski definition) is 5. The Morgan fingerprint density at radius 2 is 2.18 bits per heavy atom. The Bertz CT molecular complexity index is 390. The van der Waals surface area contributed by atoms with Crippen LogP contribution in [0.2, 0.25) is 0 Å². The van der Waals surface area contributed by atoms with Crippen LogP contribution in [-0.2, 0) is 11.3 Å². The van der Waals surface area contributed by atoms with Gasteiger partial charge >= 0.3 is 5.97 Å². The largest absolute Gasteiger partial charge is 0.462 e. The molecule has 6 heteroatoms. The number of aryl methyl sites for hydroxylation is 1. The van der Waals surface area contributed by atoms with E-state index in [9.17, 15) is 4.79 Å². The third kappa shape index (κ3) is 3.15. The smallest absolute Gasteiger partial charge is 0.344 e. The molecule has 17 heavy (non-hydrogen) atoms. The highest BCUT2D eigenvalue weighted by Gasteiger charge is 2.22. The van der Waals surface area contributed by atoms with Gasteiger partial charge in [-0.25, -0.2) is 9.48 Å². The molecule has 0 spiro atoms. The second-order valence-electron chi connectivity index (χ2n) is 3.45. The van der Waals surface area contributed by atoms with Crippen molar-refractivity contribution in [1.29, 1.82) is 0 Å². The number of nitrogen functional groups attached to an aromatic ring is 1. The van der Waals surface area contributed by atoms with E-state index < -0.39 is 0 Å². The van der Waals surface area contributed by atoms with Gasteiger partial charge in [-0.1, -0.05) is 6.92 Å². The second-order valence-corrected chi connectivity index (χ2v) is 4.53. The van der Waals surface area contributed by atoms with Crippen LogP contribution in [0.5, 0.6) is 0 Å². The van der Waals surface area contributed by atoms with Crippen LogP contribution in [0.3, 0.4) is 0 Å². The first-order valence-corrected chi connectivity index (χ1v) is 6.80. The molecule has 1 heterocycles. The number of anilines is 1. The van der Waals surface area contributed by atoms with Crippen LogP contribution in [0.15, 0.2) is 5.03 Å². The normalized spacial score (nSPS) is 10.5. The summed E-state index contributed by atoms with van der Waals surface area (Å²) in [5, 5.41) is 4.99. The topological polar surface area (TPSA) is 70.1 Å². The lowest BCUT2D eigenvalue weighted by Gasteiger charge is -2.03. The molecule has 0 aliphatic rings.